The van der Waals surface area contributed by atoms with Gasteiger partial charge in [-0.3, -0.25) is 4.98 Å². The van der Waals surface area contributed by atoms with Gasteiger partial charge in [0.15, 0.2) is 0 Å². The van der Waals surface area contributed by atoms with Gasteiger partial charge in [0.2, 0.25) is 0 Å². The number of hydrogen-bond acceptors (Lipinski definition) is 3. The first-order valence-electron chi connectivity index (χ1n) is 7.47. The molecule has 0 spiro atoms. The van der Waals surface area contributed by atoms with Crippen molar-refractivity contribution in [3.05, 3.63) is 16.6 Å². The highest BCUT2D eigenvalue weighted by atomic mass is 32.1. The first-order chi connectivity index (χ1) is 8.86. The normalized spacial score (nSPS) is 12.8. The SMILES string of the molecule is CCCCCCCCC(Cc1cncs1)NCC. The van der Waals surface area contributed by atoms with E-state index in [4.69, 9.17) is 0 Å². The molecule has 18 heavy (non-hydrogen) atoms. The number of unbranched alkanes of at least 4 members (excludes halogenated alkanes) is 5. The maximum Gasteiger partial charge on any atom is 0.0794 e. The minimum Gasteiger partial charge on any atom is -0.314 e. The monoisotopic (exact) mass is 268 g/mol. The summed E-state index contributed by atoms with van der Waals surface area (Å²) < 4.78 is 0. The van der Waals surface area contributed by atoms with Crippen LogP contribution in [0.25, 0.3) is 0 Å². The Morgan fingerprint density at radius 3 is 2.61 bits per heavy atom. The Morgan fingerprint density at radius 1 is 1.17 bits per heavy atom. The quantitative estimate of drug-likeness (QED) is 0.601. The van der Waals surface area contributed by atoms with Gasteiger partial charge >= 0.3 is 0 Å². The van der Waals surface area contributed by atoms with Gasteiger partial charge in [-0.2, -0.15) is 0 Å². The molecule has 0 aromatic carbocycles. The van der Waals surface area contributed by atoms with Crippen molar-refractivity contribution in [3.63, 3.8) is 0 Å². The maximum absolute atomic E-state index is 4.16. The Labute approximate surface area is 116 Å². The van der Waals surface area contributed by atoms with Gasteiger partial charge in [0, 0.05) is 17.1 Å². The molecule has 1 N–H and O–H groups in total. The van der Waals surface area contributed by atoms with Crippen molar-refractivity contribution >= 4 is 11.3 Å². The molecule has 0 saturated heterocycles. The van der Waals surface area contributed by atoms with E-state index in [1.54, 1.807) is 11.3 Å². The summed E-state index contributed by atoms with van der Waals surface area (Å²) >= 11 is 1.78. The summed E-state index contributed by atoms with van der Waals surface area (Å²) in [5, 5.41) is 3.60. The van der Waals surface area contributed by atoms with Gasteiger partial charge in [-0.1, -0.05) is 52.4 Å². The summed E-state index contributed by atoms with van der Waals surface area (Å²) in [7, 11) is 0. The van der Waals surface area contributed by atoms with Gasteiger partial charge in [0.05, 0.1) is 5.51 Å². The predicted octanol–water partition coefficient (Wildman–Crippen LogP) is 4.41. The van der Waals surface area contributed by atoms with E-state index >= 15 is 0 Å². The van der Waals surface area contributed by atoms with Gasteiger partial charge in [-0.15, -0.1) is 11.3 Å². The predicted molar refractivity (Wildman–Crippen MR) is 81.3 cm³/mol. The van der Waals surface area contributed by atoms with Crippen LogP contribution in [-0.4, -0.2) is 17.6 Å². The molecule has 1 rings (SSSR count). The van der Waals surface area contributed by atoms with Crippen molar-refractivity contribution in [2.24, 2.45) is 0 Å². The maximum atomic E-state index is 4.16. The van der Waals surface area contributed by atoms with Crippen LogP contribution in [0.4, 0.5) is 0 Å². The second-order valence-electron chi connectivity index (χ2n) is 4.98. The third-order valence-electron chi connectivity index (χ3n) is 3.33. The molecule has 1 heterocycles. The molecule has 104 valence electrons. The molecule has 1 aromatic heterocycles. The van der Waals surface area contributed by atoms with Gasteiger partial charge in [0.25, 0.3) is 0 Å². The van der Waals surface area contributed by atoms with Crippen molar-refractivity contribution in [2.75, 3.05) is 6.54 Å². The van der Waals surface area contributed by atoms with Gasteiger partial charge in [-0.25, -0.2) is 0 Å². The van der Waals surface area contributed by atoms with Crippen LogP contribution in [0.15, 0.2) is 11.7 Å². The molecule has 3 heteroatoms. The molecule has 2 nitrogen and oxygen atoms in total. The van der Waals surface area contributed by atoms with Gasteiger partial charge < -0.3 is 5.32 Å². The minimum atomic E-state index is 0.640. The van der Waals surface area contributed by atoms with Gasteiger partial charge in [0.1, 0.15) is 0 Å². The van der Waals surface area contributed by atoms with E-state index in [2.05, 4.69) is 24.1 Å². The number of aromatic nitrogens is 1. The topological polar surface area (TPSA) is 24.9 Å². The Hall–Kier alpha value is -0.410. The fourth-order valence-corrected chi connectivity index (χ4v) is 3.00. The summed E-state index contributed by atoms with van der Waals surface area (Å²) in [6.45, 7) is 5.54. The molecule has 0 fully saturated rings. The summed E-state index contributed by atoms with van der Waals surface area (Å²) in [5.74, 6) is 0. The number of thiazole rings is 1. The third-order valence-corrected chi connectivity index (χ3v) is 4.13. The summed E-state index contributed by atoms with van der Waals surface area (Å²) in [6.07, 6.45) is 12.8. The molecule has 1 unspecified atom stereocenters. The standard InChI is InChI=1S/C15H28N2S/c1-3-5-6-7-8-9-10-14(17-4-2)11-15-12-16-13-18-15/h12-14,17H,3-11H2,1-2H3. The van der Waals surface area contributed by atoms with Crippen molar-refractivity contribution in [3.8, 4) is 0 Å². The number of nitrogens with zero attached hydrogens (tertiary/aromatic N) is 1. The smallest absolute Gasteiger partial charge is 0.0794 e. The lowest BCUT2D eigenvalue weighted by Gasteiger charge is -2.16. The molecule has 0 aliphatic rings. The fourth-order valence-electron chi connectivity index (χ4n) is 2.32. The molecule has 0 aliphatic heterocycles. The summed E-state index contributed by atoms with van der Waals surface area (Å²) in [4.78, 5) is 5.57. The molecule has 0 radical (unpaired) electrons. The second-order valence-corrected chi connectivity index (χ2v) is 5.95. The molecule has 0 saturated carbocycles. The van der Waals surface area contributed by atoms with Crippen LogP contribution in [0.3, 0.4) is 0 Å². The number of rotatable bonds is 11. The van der Waals surface area contributed by atoms with Crippen LogP contribution in [0.1, 0.15) is 63.7 Å². The van der Waals surface area contributed by atoms with Crippen molar-refractivity contribution in [2.45, 2.75) is 71.3 Å². The molecule has 0 amide bonds. The van der Waals surface area contributed by atoms with Crippen LogP contribution in [-0.2, 0) is 6.42 Å². The average molecular weight is 268 g/mol. The lowest BCUT2D eigenvalue weighted by atomic mass is 10.0. The van der Waals surface area contributed by atoms with E-state index in [1.165, 1.54) is 49.8 Å². The van der Waals surface area contributed by atoms with E-state index in [1.807, 2.05) is 11.7 Å². The zero-order valence-electron chi connectivity index (χ0n) is 12.0. The second kappa shape index (κ2) is 10.5. The largest absolute Gasteiger partial charge is 0.314 e. The first-order valence-corrected chi connectivity index (χ1v) is 8.35. The summed E-state index contributed by atoms with van der Waals surface area (Å²) in [5.41, 5.74) is 1.93. The van der Waals surface area contributed by atoms with Crippen LogP contribution >= 0.6 is 11.3 Å². The van der Waals surface area contributed by atoms with E-state index in [0.29, 0.717) is 6.04 Å². The van der Waals surface area contributed by atoms with Crippen molar-refractivity contribution < 1.29 is 0 Å². The number of likely N-dealkylation sites (N-methyl/N-ethyl adjacent to an activating group) is 1. The highest BCUT2D eigenvalue weighted by Crippen LogP contribution is 2.14. The van der Waals surface area contributed by atoms with E-state index in [9.17, 15) is 0 Å². The van der Waals surface area contributed by atoms with Gasteiger partial charge in [-0.05, 0) is 19.4 Å². The summed E-state index contributed by atoms with van der Waals surface area (Å²) in [6, 6.07) is 0.640. The molecule has 1 aromatic rings. The third kappa shape index (κ3) is 7.12. The zero-order chi connectivity index (χ0) is 13.1. The number of nitrogens with one attached hydrogen (secondary N) is 1. The molecular formula is C15H28N2S. The van der Waals surface area contributed by atoms with Crippen LogP contribution in [0.5, 0.6) is 0 Å². The molecule has 0 aliphatic carbocycles. The first kappa shape index (κ1) is 15.6. The lowest BCUT2D eigenvalue weighted by Crippen LogP contribution is -2.30. The van der Waals surface area contributed by atoms with E-state index in [-0.39, 0.29) is 0 Å². The molecular weight excluding hydrogens is 240 g/mol. The minimum absolute atomic E-state index is 0.640. The Bertz CT molecular complexity index is 272. The zero-order valence-corrected chi connectivity index (χ0v) is 12.8. The number of hydrogen-bond donors (Lipinski definition) is 1. The molecule has 0 bridgehead atoms. The highest BCUT2D eigenvalue weighted by Gasteiger charge is 2.08. The van der Waals surface area contributed by atoms with Crippen LogP contribution in [0.2, 0.25) is 0 Å². The Morgan fingerprint density at radius 2 is 1.94 bits per heavy atom. The lowest BCUT2D eigenvalue weighted by molar-refractivity contribution is 0.461. The van der Waals surface area contributed by atoms with Crippen LogP contribution < -0.4 is 5.32 Å². The fraction of sp³-hybridized carbons (Fsp3) is 0.800. The highest BCUT2D eigenvalue weighted by molar-refractivity contribution is 7.09. The van der Waals surface area contributed by atoms with Crippen molar-refractivity contribution in [1.29, 1.82) is 0 Å². The average Bonchev–Trinajstić information content (AvgIpc) is 2.86. The van der Waals surface area contributed by atoms with Crippen molar-refractivity contribution in [1.82, 2.24) is 10.3 Å². The van der Waals surface area contributed by atoms with E-state index in [0.717, 1.165) is 13.0 Å². The van der Waals surface area contributed by atoms with E-state index < -0.39 is 0 Å². The molecule has 1 atom stereocenters. The van der Waals surface area contributed by atoms with Crippen LogP contribution in [0, 0.1) is 0 Å². The Kier molecular flexibility index (Phi) is 9.13. The Balaban J connectivity index is 2.13.